The summed E-state index contributed by atoms with van der Waals surface area (Å²) >= 11 is 1.33. The van der Waals surface area contributed by atoms with Gasteiger partial charge in [-0.3, -0.25) is 4.79 Å². The third-order valence-electron chi connectivity index (χ3n) is 3.04. The lowest BCUT2D eigenvalue weighted by Gasteiger charge is -2.04. The second-order valence-corrected chi connectivity index (χ2v) is 5.15. The standard InChI is InChI=1S/C17H13NO2S/c19-17-14(15-10-11-21-18-15)8-4-5-9-16(17)20-12-13-6-2-1-3-7-13/h1-11H,12H2. The third-order valence-corrected chi connectivity index (χ3v) is 3.60. The first-order valence-corrected chi connectivity index (χ1v) is 7.39. The molecule has 0 fully saturated rings. The highest BCUT2D eigenvalue weighted by Crippen LogP contribution is 2.17. The number of hydrogen-bond acceptors (Lipinski definition) is 4. The van der Waals surface area contributed by atoms with Gasteiger partial charge in [-0.2, -0.15) is 4.37 Å². The predicted octanol–water partition coefficient (Wildman–Crippen LogP) is 3.75. The molecule has 0 unspecified atom stereocenters. The Kier molecular flexibility index (Phi) is 4.07. The van der Waals surface area contributed by atoms with E-state index in [0.717, 1.165) is 5.56 Å². The summed E-state index contributed by atoms with van der Waals surface area (Å²) in [7, 11) is 0. The molecule has 104 valence electrons. The van der Waals surface area contributed by atoms with Gasteiger partial charge in [-0.15, -0.1) is 0 Å². The summed E-state index contributed by atoms with van der Waals surface area (Å²) in [5.41, 5.74) is 2.13. The molecule has 0 radical (unpaired) electrons. The number of rotatable bonds is 4. The molecular formula is C17H13NO2S. The predicted molar refractivity (Wildman–Crippen MR) is 84.6 cm³/mol. The van der Waals surface area contributed by atoms with Gasteiger partial charge < -0.3 is 4.74 Å². The van der Waals surface area contributed by atoms with Crippen molar-refractivity contribution in [3.63, 3.8) is 0 Å². The molecule has 0 saturated carbocycles. The van der Waals surface area contributed by atoms with E-state index in [1.165, 1.54) is 11.5 Å². The minimum Gasteiger partial charge on any atom is -0.485 e. The van der Waals surface area contributed by atoms with Crippen LogP contribution in [0.5, 0.6) is 5.75 Å². The van der Waals surface area contributed by atoms with E-state index >= 15 is 0 Å². The first kappa shape index (κ1) is 13.5. The quantitative estimate of drug-likeness (QED) is 0.736. The van der Waals surface area contributed by atoms with Gasteiger partial charge in [0.1, 0.15) is 6.61 Å². The topological polar surface area (TPSA) is 39.2 Å². The SMILES string of the molecule is O=c1c(OCc2ccccc2)ccccc1-c1ccsn1. The van der Waals surface area contributed by atoms with E-state index in [1.54, 1.807) is 18.2 Å². The van der Waals surface area contributed by atoms with Crippen LogP contribution in [-0.2, 0) is 6.61 Å². The van der Waals surface area contributed by atoms with Crippen LogP contribution in [0.1, 0.15) is 5.56 Å². The fourth-order valence-electron chi connectivity index (χ4n) is 1.98. The second kappa shape index (κ2) is 6.33. The average Bonchev–Trinajstić information content (AvgIpc) is 2.98. The van der Waals surface area contributed by atoms with Crippen LogP contribution in [0.25, 0.3) is 11.3 Å². The second-order valence-electron chi connectivity index (χ2n) is 4.48. The zero-order valence-electron chi connectivity index (χ0n) is 11.2. The van der Waals surface area contributed by atoms with Crippen molar-refractivity contribution in [1.82, 2.24) is 4.37 Å². The number of benzene rings is 1. The van der Waals surface area contributed by atoms with Gasteiger partial charge in [0.25, 0.3) is 0 Å². The molecule has 1 aromatic heterocycles. The smallest absolute Gasteiger partial charge is 0.229 e. The van der Waals surface area contributed by atoms with E-state index in [2.05, 4.69) is 4.37 Å². The molecule has 0 N–H and O–H groups in total. The van der Waals surface area contributed by atoms with Gasteiger partial charge >= 0.3 is 0 Å². The van der Waals surface area contributed by atoms with Crippen LogP contribution in [0, 0.1) is 0 Å². The maximum Gasteiger partial charge on any atom is 0.229 e. The average molecular weight is 295 g/mol. The van der Waals surface area contributed by atoms with Crippen molar-refractivity contribution in [2.24, 2.45) is 0 Å². The van der Waals surface area contributed by atoms with Crippen molar-refractivity contribution in [3.8, 4) is 17.0 Å². The van der Waals surface area contributed by atoms with Crippen LogP contribution in [0.2, 0.25) is 0 Å². The highest BCUT2D eigenvalue weighted by Gasteiger charge is 2.08. The Labute approximate surface area is 126 Å². The molecule has 3 aromatic rings. The minimum absolute atomic E-state index is 0.137. The Morgan fingerprint density at radius 1 is 0.952 bits per heavy atom. The van der Waals surface area contributed by atoms with E-state index in [1.807, 2.05) is 47.8 Å². The van der Waals surface area contributed by atoms with E-state index in [-0.39, 0.29) is 5.43 Å². The molecule has 0 atom stereocenters. The zero-order valence-corrected chi connectivity index (χ0v) is 12.0. The van der Waals surface area contributed by atoms with Crippen LogP contribution in [-0.4, -0.2) is 4.37 Å². The molecule has 0 saturated heterocycles. The molecule has 1 heterocycles. The summed E-state index contributed by atoms with van der Waals surface area (Å²) < 4.78 is 9.91. The molecule has 21 heavy (non-hydrogen) atoms. The Morgan fingerprint density at radius 2 is 1.71 bits per heavy atom. The fourth-order valence-corrected chi connectivity index (χ4v) is 2.50. The van der Waals surface area contributed by atoms with Crippen molar-refractivity contribution < 1.29 is 4.74 Å². The third kappa shape index (κ3) is 3.17. The molecule has 2 aromatic carbocycles. The zero-order chi connectivity index (χ0) is 14.5. The molecular weight excluding hydrogens is 282 g/mol. The van der Waals surface area contributed by atoms with E-state index in [0.29, 0.717) is 23.6 Å². The van der Waals surface area contributed by atoms with Gasteiger partial charge in [0.15, 0.2) is 5.75 Å². The molecule has 3 nitrogen and oxygen atoms in total. The van der Waals surface area contributed by atoms with Crippen LogP contribution in [0.3, 0.4) is 0 Å². The fraction of sp³-hybridized carbons (Fsp3) is 0.0588. The Morgan fingerprint density at radius 3 is 2.48 bits per heavy atom. The highest BCUT2D eigenvalue weighted by molar-refractivity contribution is 7.03. The number of nitrogens with zero attached hydrogens (tertiary/aromatic N) is 1. The molecule has 0 aliphatic carbocycles. The van der Waals surface area contributed by atoms with Gasteiger partial charge in [0.2, 0.25) is 5.43 Å². The van der Waals surface area contributed by atoms with E-state index in [4.69, 9.17) is 4.74 Å². The Balaban J connectivity index is 1.91. The van der Waals surface area contributed by atoms with Gasteiger partial charge in [0.05, 0.1) is 11.3 Å². The van der Waals surface area contributed by atoms with Gasteiger partial charge in [0, 0.05) is 5.38 Å². The van der Waals surface area contributed by atoms with Crippen LogP contribution < -0.4 is 10.2 Å². The van der Waals surface area contributed by atoms with Gasteiger partial charge in [-0.1, -0.05) is 42.5 Å². The summed E-state index contributed by atoms with van der Waals surface area (Å²) in [5.74, 6) is 0.340. The lowest BCUT2D eigenvalue weighted by atomic mass is 10.2. The van der Waals surface area contributed by atoms with Crippen LogP contribution >= 0.6 is 11.5 Å². The maximum absolute atomic E-state index is 12.5. The monoisotopic (exact) mass is 295 g/mol. The first-order valence-electron chi connectivity index (χ1n) is 6.55. The van der Waals surface area contributed by atoms with Gasteiger partial charge in [-0.05, 0) is 35.3 Å². The van der Waals surface area contributed by atoms with E-state index < -0.39 is 0 Å². The molecule has 0 spiro atoms. The van der Waals surface area contributed by atoms with Crippen molar-refractivity contribution in [2.75, 3.05) is 0 Å². The number of hydrogen-bond donors (Lipinski definition) is 0. The molecule has 0 amide bonds. The first-order chi connectivity index (χ1) is 10.3. The van der Waals surface area contributed by atoms with Crippen molar-refractivity contribution in [2.45, 2.75) is 6.61 Å². The Bertz CT molecular complexity index is 770. The number of ether oxygens (including phenoxy) is 1. The highest BCUT2D eigenvalue weighted by atomic mass is 32.1. The van der Waals surface area contributed by atoms with Crippen molar-refractivity contribution >= 4 is 11.5 Å². The normalized spacial score (nSPS) is 10.3. The summed E-state index contributed by atoms with van der Waals surface area (Å²) in [6, 6.07) is 18.7. The maximum atomic E-state index is 12.5. The molecule has 0 bridgehead atoms. The summed E-state index contributed by atoms with van der Waals surface area (Å²) in [5, 5.41) is 1.85. The lowest BCUT2D eigenvalue weighted by molar-refractivity contribution is 0.304. The lowest BCUT2D eigenvalue weighted by Crippen LogP contribution is -2.08. The summed E-state index contributed by atoms with van der Waals surface area (Å²) in [4.78, 5) is 12.5. The molecule has 4 heteroatoms. The van der Waals surface area contributed by atoms with Crippen LogP contribution in [0.4, 0.5) is 0 Å². The summed E-state index contributed by atoms with van der Waals surface area (Å²) in [6.07, 6.45) is 0. The molecule has 3 rings (SSSR count). The largest absolute Gasteiger partial charge is 0.485 e. The van der Waals surface area contributed by atoms with Crippen molar-refractivity contribution in [1.29, 1.82) is 0 Å². The summed E-state index contributed by atoms with van der Waals surface area (Å²) in [6.45, 7) is 0.372. The Hall–Kier alpha value is -2.46. The van der Waals surface area contributed by atoms with Crippen LogP contribution in [0.15, 0.2) is 70.8 Å². The minimum atomic E-state index is -0.137. The van der Waals surface area contributed by atoms with Crippen molar-refractivity contribution in [3.05, 3.63) is 81.8 Å². The van der Waals surface area contributed by atoms with Gasteiger partial charge in [-0.25, -0.2) is 0 Å². The number of aromatic nitrogens is 1. The molecule has 0 aliphatic rings. The van der Waals surface area contributed by atoms with E-state index in [9.17, 15) is 4.79 Å². The molecule has 0 aliphatic heterocycles.